The largest absolute Gasteiger partial charge is 0.347 e. The van der Waals surface area contributed by atoms with Crippen LogP contribution in [0.3, 0.4) is 0 Å². The summed E-state index contributed by atoms with van der Waals surface area (Å²) in [5.74, 6) is -0.698. The van der Waals surface area contributed by atoms with Gasteiger partial charge in [-0.25, -0.2) is 4.90 Å². The molecule has 2 heterocycles. The van der Waals surface area contributed by atoms with E-state index < -0.39 is 5.92 Å². The number of anilines is 1. The van der Waals surface area contributed by atoms with E-state index in [9.17, 15) is 9.59 Å². The Labute approximate surface area is 175 Å². The Morgan fingerprint density at radius 2 is 1.70 bits per heavy atom. The summed E-state index contributed by atoms with van der Waals surface area (Å²) in [6.07, 6.45) is 4.49. The standard InChI is InChI=1S/C26H24N2O2/c1-2-3-14-27-17-23(21-10-6-7-11-24(21)27)22-16-25(29)28(26(22)30)20-13-12-18-8-4-5-9-19(18)15-20/h4-13,15,17,22H,2-3,14,16H2,1H3/t22-/m1/s1. The van der Waals surface area contributed by atoms with Crippen LogP contribution in [0.2, 0.25) is 0 Å². The van der Waals surface area contributed by atoms with Crippen molar-refractivity contribution < 1.29 is 9.59 Å². The number of nitrogens with zero attached hydrogens (tertiary/aromatic N) is 2. The topological polar surface area (TPSA) is 42.3 Å². The van der Waals surface area contributed by atoms with Crippen LogP contribution in [0.5, 0.6) is 0 Å². The van der Waals surface area contributed by atoms with Gasteiger partial charge in [0, 0.05) is 30.1 Å². The fraction of sp³-hybridized carbons (Fsp3) is 0.231. The van der Waals surface area contributed by atoms with Crippen LogP contribution in [0, 0.1) is 0 Å². The molecule has 150 valence electrons. The molecule has 1 saturated heterocycles. The highest BCUT2D eigenvalue weighted by molar-refractivity contribution is 6.23. The number of hydrogen-bond donors (Lipinski definition) is 0. The van der Waals surface area contributed by atoms with E-state index in [1.54, 1.807) is 0 Å². The SMILES string of the molecule is CCCCn1cc([C@H]2CC(=O)N(c3ccc4ccccc4c3)C2=O)c2ccccc21. The van der Waals surface area contributed by atoms with Gasteiger partial charge in [0.15, 0.2) is 0 Å². The summed E-state index contributed by atoms with van der Waals surface area (Å²) in [5.41, 5.74) is 2.75. The number of unbranched alkanes of at least 4 members (excludes halogenated alkanes) is 1. The van der Waals surface area contributed by atoms with Crippen LogP contribution in [0.4, 0.5) is 5.69 Å². The Bertz CT molecular complexity index is 1270. The number of benzene rings is 3. The molecule has 1 aliphatic heterocycles. The number of aromatic nitrogens is 1. The van der Waals surface area contributed by atoms with Gasteiger partial charge in [0.05, 0.1) is 11.6 Å². The Morgan fingerprint density at radius 1 is 0.933 bits per heavy atom. The van der Waals surface area contributed by atoms with Gasteiger partial charge in [0.2, 0.25) is 11.8 Å². The monoisotopic (exact) mass is 396 g/mol. The van der Waals surface area contributed by atoms with Gasteiger partial charge in [-0.15, -0.1) is 0 Å². The molecule has 0 radical (unpaired) electrons. The second-order valence-corrected chi connectivity index (χ2v) is 8.00. The van der Waals surface area contributed by atoms with Crippen LogP contribution in [-0.2, 0) is 16.1 Å². The summed E-state index contributed by atoms with van der Waals surface area (Å²) < 4.78 is 2.23. The molecule has 30 heavy (non-hydrogen) atoms. The van der Waals surface area contributed by atoms with Crippen LogP contribution in [0.1, 0.15) is 37.7 Å². The Balaban J connectivity index is 1.54. The number of fused-ring (bicyclic) bond motifs is 2. The lowest BCUT2D eigenvalue weighted by atomic mass is 9.97. The summed E-state index contributed by atoms with van der Waals surface area (Å²) in [4.78, 5) is 27.7. The lowest BCUT2D eigenvalue weighted by Gasteiger charge is -2.16. The van der Waals surface area contributed by atoms with Crippen molar-refractivity contribution in [2.75, 3.05) is 4.90 Å². The quantitative estimate of drug-likeness (QED) is 0.410. The minimum absolute atomic E-state index is 0.131. The first-order valence-corrected chi connectivity index (χ1v) is 10.6. The molecule has 4 heteroatoms. The fourth-order valence-electron chi connectivity index (χ4n) is 4.53. The number of aryl methyl sites for hydroxylation is 1. The maximum atomic E-state index is 13.4. The van der Waals surface area contributed by atoms with E-state index in [0.29, 0.717) is 5.69 Å². The Morgan fingerprint density at radius 3 is 2.53 bits per heavy atom. The van der Waals surface area contributed by atoms with Crippen molar-refractivity contribution >= 4 is 39.2 Å². The lowest BCUT2D eigenvalue weighted by Crippen LogP contribution is -2.29. The maximum Gasteiger partial charge on any atom is 0.241 e. The number of hydrogen-bond acceptors (Lipinski definition) is 2. The number of rotatable bonds is 5. The first-order chi connectivity index (χ1) is 14.7. The van der Waals surface area contributed by atoms with Crippen molar-refractivity contribution in [3.8, 4) is 0 Å². The van der Waals surface area contributed by atoms with Crippen LogP contribution in [-0.4, -0.2) is 16.4 Å². The van der Waals surface area contributed by atoms with E-state index in [4.69, 9.17) is 0 Å². The zero-order valence-corrected chi connectivity index (χ0v) is 17.0. The Hall–Kier alpha value is -3.40. The van der Waals surface area contributed by atoms with Crippen LogP contribution in [0.25, 0.3) is 21.7 Å². The Kier molecular flexibility index (Phi) is 4.62. The van der Waals surface area contributed by atoms with Crippen molar-refractivity contribution in [1.29, 1.82) is 0 Å². The van der Waals surface area contributed by atoms with Gasteiger partial charge < -0.3 is 4.57 Å². The van der Waals surface area contributed by atoms with Crippen LogP contribution in [0.15, 0.2) is 72.9 Å². The van der Waals surface area contributed by atoms with Crippen molar-refractivity contribution in [1.82, 2.24) is 4.57 Å². The fourth-order valence-corrected chi connectivity index (χ4v) is 4.53. The molecule has 0 bridgehead atoms. The van der Waals surface area contributed by atoms with Gasteiger partial charge in [-0.1, -0.05) is 61.9 Å². The second kappa shape index (κ2) is 7.45. The summed E-state index contributed by atoms with van der Waals surface area (Å²) in [7, 11) is 0. The highest BCUT2D eigenvalue weighted by atomic mass is 16.2. The van der Waals surface area contributed by atoms with E-state index in [2.05, 4.69) is 29.8 Å². The first-order valence-electron chi connectivity index (χ1n) is 10.6. The molecule has 4 aromatic rings. The van der Waals surface area contributed by atoms with Gasteiger partial charge in [0.25, 0.3) is 0 Å². The van der Waals surface area contributed by atoms with E-state index in [1.807, 2.05) is 54.6 Å². The van der Waals surface area contributed by atoms with Crippen molar-refractivity contribution in [2.24, 2.45) is 0 Å². The summed E-state index contributed by atoms with van der Waals surface area (Å²) >= 11 is 0. The molecule has 1 aliphatic rings. The highest BCUT2D eigenvalue weighted by Crippen LogP contribution is 2.38. The minimum atomic E-state index is -0.434. The molecule has 1 fully saturated rings. The third kappa shape index (κ3) is 3.00. The third-order valence-electron chi connectivity index (χ3n) is 6.09. The van der Waals surface area contributed by atoms with Gasteiger partial charge in [-0.2, -0.15) is 0 Å². The summed E-state index contributed by atoms with van der Waals surface area (Å²) in [6.45, 7) is 3.09. The molecular weight excluding hydrogens is 372 g/mol. The molecule has 1 aromatic heterocycles. The molecule has 0 aliphatic carbocycles. The number of para-hydroxylation sites is 1. The molecule has 0 N–H and O–H groups in total. The number of carbonyl (C=O) groups is 2. The van der Waals surface area contributed by atoms with Crippen LogP contribution < -0.4 is 4.90 Å². The smallest absolute Gasteiger partial charge is 0.241 e. The molecule has 0 saturated carbocycles. The summed E-state index contributed by atoms with van der Waals surface area (Å²) in [5, 5.41) is 3.19. The zero-order valence-electron chi connectivity index (χ0n) is 17.0. The zero-order chi connectivity index (χ0) is 20.7. The maximum absolute atomic E-state index is 13.4. The summed E-state index contributed by atoms with van der Waals surface area (Å²) in [6, 6.07) is 21.9. The van der Waals surface area contributed by atoms with Crippen molar-refractivity contribution in [3.05, 3.63) is 78.5 Å². The third-order valence-corrected chi connectivity index (χ3v) is 6.09. The van der Waals surface area contributed by atoms with Gasteiger partial charge in [0.1, 0.15) is 0 Å². The molecule has 3 aromatic carbocycles. The van der Waals surface area contributed by atoms with E-state index in [-0.39, 0.29) is 18.2 Å². The normalized spacial score (nSPS) is 16.8. The molecule has 0 spiro atoms. The van der Waals surface area contributed by atoms with Crippen LogP contribution >= 0.6 is 0 Å². The molecule has 0 unspecified atom stereocenters. The average Bonchev–Trinajstić information content (AvgIpc) is 3.28. The lowest BCUT2D eigenvalue weighted by molar-refractivity contribution is -0.121. The average molecular weight is 396 g/mol. The van der Waals surface area contributed by atoms with E-state index >= 15 is 0 Å². The molecule has 1 atom stereocenters. The predicted molar refractivity (Wildman–Crippen MR) is 121 cm³/mol. The molecule has 5 rings (SSSR count). The first kappa shape index (κ1) is 18.6. The predicted octanol–water partition coefficient (Wildman–Crippen LogP) is 5.64. The number of imide groups is 1. The highest BCUT2D eigenvalue weighted by Gasteiger charge is 2.41. The van der Waals surface area contributed by atoms with E-state index in [1.165, 1.54) is 4.90 Å². The van der Waals surface area contributed by atoms with Gasteiger partial charge >= 0.3 is 0 Å². The van der Waals surface area contributed by atoms with E-state index in [0.717, 1.165) is 46.6 Å². The molecular formula is C26H24N2O2. The molecule has 2 amide bonds. The number of carbonyl (C=O) groups excluding carboxylic acids is 2. The molecule has 4 nitrogen and oxygen atoms in total. The van der Waals surface area contributed by atoms with Crippen molar-refractivity contribution in [3.63, 3.8) is 0 Å². The minimum Gasteiger partial charge on any atom is -0.347 e. The number of amides is 2. The second-order valence-electron chi connectivity index (χ2n) is 8.00. The van der Waals surface area contributed by atoms with Gasteiger partial charge in [-0.3, -0.25) is 9.59 Å². The van der Waals surface area contributed by atoms with Crippen molar-refractivity contribution in [2.45, 2.75) is 38.6 Å². The van der Waals surface area contributed by atoms with Gasteiger partial charge in [-0.05, 0) is 41.0 Å².